The number of nitrogens with zero attached hydrogens (tertiary/aromatic N) is 1. The second-order valence-corrected chi connectivity index (χ2v) is 1.04. The molecule has 0 aliphatic carbocycles. The maximum Gasteiger partial charge on any atom is 0.0668 e. The van der Waals surface area contributed by atoms with E-state index >= 15 is 0 Å². The zero-order valence-corrected chi connectivity index (χ0v) is 3.94. The Hall–Kier alpha value is -0.530. The molecule has 1 N–H and O–H groups in total. The molecule has 0 heterocycles. The van der Waals surface area contributed by atoms with E-state index in [1.54, 1.807) is 0 Å². The summed E-state index contributed by atoms with van der Waals surface area (Å²) in [5, 5.41) is 3.18. The normalized spacial score (nSPS) is 7.50. The van der Waals surface area contributed by atoms with Gasteiger partial charge in [0, 0.05) is 6.54 Å². The molecule has 0 spiro atoms. The molecule has 0 atom stereocenters. The van der Waals surface area contributed by atoms with Crippen molar-refractivity contribution in [2.75, 3.05) is 6.54 Å². The third-order valence-electron chi connectivity index (χ3n) is 0.453. The van der Waals surface area contributed by atoms with Crippen molar-refractivity contribution >= 4 is 6.72 Å². The van der Waals surface area contributed by atoms with Gasteiger partial charge in [0.05, 0.1) is 6.72 Å². The average molecular weight is 85.1 g/mol. The molecule has 0 amide bonds. The first-order valence-corrected chi connectivity index (χ1v) is 2.04. The summed E-state index contributed by atoms with van der Waals surface area (Å²) in [4.78, 5) is 0. The predicted octanol–water partition coefficient (Wildman–Crippen LogP) is 0.479. The molecule has 1 radical (unpaired) electrons. The fraction of sp³-hybridized carbons (Fsp3) is 0.750. The average Bonchev–Trinajstić information content (AvgIpc) is 1.61. The Bertz CT molecular complexity index is 34.5. The Labute approximate surface area is 38.2 Å². The van der Waals surface area contributed by atoms with E-state index in [1.165, 1.54) is 0 Å². The summed E-state index contributed by atoms with van der Waals surface area (Å²) < 4.78 is 0. The van der Waals surface area contributed by atoms with Gasteiger partial charge in [-0.3, -0.25) is 0 Å². The van der Waals surface area contributed by atoms with Crippen molar-refractivity contribution < 1.29 is 0 Å². The van der Waals surface area contributed by atoms with E-state index < -0.39 is 0 Å². The molecule has 0 aromatic heterocycles. The molecule has 2 heteroatoms. The zero-order chi connectivity index (χ0) is 4.83. The fourth-order valence-corrected chi connectivity index (χ4v) is 0.176. The molecule has 0 aromatic carbocycles. The topological polar surface area (TPSA) is 24.4 Å². The Balaban J connectivity index is 2.49. The molecule has 35 valence electrons. The van der Waals surface area contributed by atoms with Crippen molar-refractivity contribution in [1.29, 1.82) is 0 Å². The van der Waals surface area contributed by atoms with Crippen LogP contribution in [-0.2, 0) is 0 Å². The van der Waals surface area contributed by atoms with Crippen LogP contribution in [0.15, 0.2) is 5.10 Å². The van der Waals surface area contributed by atoms with Crippen LogP contribution >= 0.6 is 0 Å². The van der Waals surface area contributed by atoms with Crippen LogP contribution in [0.3, 0.4) is 0 Å². The van der Waals surface area contributed by atoms with E-state index in [4.69, 9.17) is 6.72 Å². The number of hydrazone groups is 1. The van der Waals surface area contributed by atoms with Crippen molar-refractivity contribution in [2.24, 2.45) is 5.10 Å². The molecule has 0 unspecified atom stereocenters. The maximum absolute atomic E-state index is 4.73. The Morgan fingerprint density at radius 2 is 2.50 bits per heavy atom. The minimum Gasteiger partial charge on any atom is -0.310 e. The third kappa shape index (κ3) is 3.47. The van der Waals surface area contributed by atoms with Gasteiger partial charge in [0.1, 0.15) is 0 Å². The molecule has 0 saturated carbocycles. The molecule has 0 aliphatic rings. The van der Waals surface area contributed by atoms with Crippen LogP contribution < -0.4 is 5.43 Å². The summed E-state index contributed by atoms with van der Waals surface area (Å²) in [5.41, 5.74) is 2.60. The van der Waals surface area contributed by atoms with Crippen LogP contribution in [0.25, 0.3) is 0 Å². The maximum atomic E-state index is 4.73. The highest BCUT2D eigenvalue weighted by molar-refractivity contribution is 5.22. The van der Waals surface area contributed by atoms with Gasteiger partial charge in [-0.2, -0.15) is 5.10 Å². The van der Waals surface area contributed by atoms with Gasteiger partial charge in [0.25, 0.3) is 0 Å². The Morgan fingerprint density at radius 1 is 1.83 bits per heavy atom. The van der Waals surface area contributed by atoms with Crippen LogP contribution in [0.5, 0.6) is 0 Å². The van der Waals surface area contributed by atoms with E-state index in [-0.39, 0.29) is 0 Å². The first kappa shape index (κ1) is 5.47. The summed E-state index contributed by atoms with van der Waals surface area (Å²) in [6.45, 7) is 7.65. The van der Waals surface area contributed by atoms with Gasteiger partial charge < -0.3 is 5.43 Å². The smallest absolute Gasteiger partial charge is 0.0668 e. The molecule has 0 fully saturated rings. The highest BCUT2D eigenvalue weighted by Crippen LogP contribution is 1.65. The second-order valence-electron chi connectivity index (χ2n) is 1.04. The minimum atomic E-state index is 0.872. The van der Waals surface area contributed by atoms with Gasteiger partial charge in [-0.1, -0.05) is 6.92 Å². The van der Waals surface area contributed by atoms with E-state index in [1.807, 2.05) is 0 Å². The number of hydrogen-bond donors (Lipinski definition) is 1. The lowest BCUT2D eigenvalue weighted by Crippen LogP contribution is -2.03. The van der Waals surface area contributed by atoms with E-state index in [2.05, 4.69) is 17.5 Å². The van der Waals surface area contributed by atoms with Crippen LogP contribution in [0.2, 0.25) is 0 Å². The molecule has 0 aromatic rings. The molecule has 0 saturated heterocycles. The van der Waals surface area contributed by atoms with E-state index in [0.717, 1.165) is 13.0 Å². The van der Waals surface area contributed by atoms with Crippen LogP contribution in [0.4, 0.5) is 0 Å². The van der Waals surface area contributed by atoms with Crippen molar-refractivity contribution in [2.45, 2.75) is 13.3 Å². The Kier molecular flexibility index (Phi) is 4.08. The summed E-state index contributed by atoms with van der Waals surface area (Å²) in [7, 11) is 0. The molecule has 2 nitrogen and oxygen atoms in total. The van der Waals surface area contributed by atoms with Crippen molar-refractivity contribution in [1.82, 2.24) is 5.43 Å². The molecule has 0 aliphatic heterocycles. The number of hydrogen-bond acceptors (Lipinski definition) is 2. The monoisotopic (exact) mass is 85.1 g/mol. The third-order valence-corrected chi connectivity index (χ3v) is 0.453. The van der Waals surface area contributed by atoms with Gasteiger partial charge in [0.15, 0.2) is 0 Å². The summed E-state index contributed by atoms with van der Waals surface area (Å²) in [6, 6.07) is 0. The predicted molar refractivity (Wildman–Crippen MR) is 26.8 cm³/mol. The molecule has 6 heavy (non-hydrogen) atoms. The largest absolute Gasteiger partial charge is 0.310 e. The minimum absolute atomic E-state index is 0.872. The highest BCUT2D eigenvalue weighted by atomic mass is 15.3. The zero-order valence-electron chi connectivity index (χ0n) is 3.94. The lowest BCUT2D eigenvalue weighted by atomic mass is 10.5. The summed E-state index contributed by atoms with van der Waals surface area (Å²) in [6.07, 6.45) is 1.07. The summed E-state index contributed by atoms with van der Waals surface area (Å²) in [5.74, 6) is 0. The lowest BCUT2D eigenvalue weighted by molar-refractivity contribution is 0.721. The van der Waals surface area contributed by atoms with Gasteiger partial charge in [-0.05, 0) is 6.42 Å². The Morgan fingerprint density at radius 3 is 2.67 bits per heavy atom. The number of rotatable bonds is 3. The quantitative estimate of drug-likeness (QED) is 0.301. The van der Waals surface area contributed by atoms with Gasteiger partial charge in [-0.15, -0.1) is 0 Å². The first-order chi connectivity index (χ1) is 2.91. The lowest BCUT2D eigenvalue weighted by Gasteiger charge is -1.88. The first-order valence-electron chi connectivity index (χ1n) is 2.04. The van der Waals surface area contributed by atoms with E-state index in [9.17, 15) is 0 Å². The van der Waals surface area contributed by atoms with E-state index in [0.29, 0.717) is 0 Å². The number of nitrogens with one attached hydrogen (secondary N) is 1. The fourth-order valence-electron chi connectivity index (χ4n) is 0.176. The van der Waals surface area contributed by atoms with Crippen molar-refractivity contribution in [3.8, 4) is 0 Å². The van der Waals surface area contributed by atoms with Crippen LogP contribution in [0.1, 0.15) is 13.3 Å². The highest BCUT2D eigenvalue weighted by Gasteiger charge is 1.67. The van der Waals surface area contributed by atoms with Crippen LogP contribution in [-0.4, -0.2) is 13.3 Å². The standard InChI is InChI=1S/C4H9N2/c1-3-4-6-5-2/h2,6H,3-4H2,1H3. The van der Waals surface area contributed by atoms with Gasteiger partial charge >= 0.3 is 0 Å². The summed E-state index contributed by atoms with van der Waals surface area (Å²) >= 11 is 0. The van der Waals surface area contributed by atoms with Gasteiger partial charge in [-0.25, -0.2) is 0 Å². The van der Waals surface area contributed by atoms with Crippen molar-refractivity contribution in [3.63, 3.8) is 0 Å². The van der Waals surface area contributed by atoms with Crippen LogP contribution in [0, 0.1) is 0 Å². The molecular weight excluding hydrogens is 76.1 g/mol. The molecule has 0 bridgehead atoms. The van der Waals surface area contributed by atoms with Gasteiger partial charge in [0.2, 0.25) is 0 Å². The molecular formula is C4H9N2. The molecule has 0 rings (SSSR count). The SMILES string of the molecule is [CH]=NNCCC. The second kappa shape index (κ2) is 4.47. The van der Waals surface area contributed by atoms with Crippen molar-refractivity contribution in [3.05, 3.63) is 0 Å².